The second-order valence-electron chi connectivity index (χ2n) is 5.70. The van der Waals surface area contributed by atoms with Gasteiger partial charge in [-0.1, -0.05) is 12.1 Å². The quantitative estimate of drug-likeness (QED) is 0.814. The molecular formula is C13H17F3N2O4S. The summed E-state index contributed by atoms with van der Waals surface area (Å²) in [6, 6.07) is 4.51. The van der Waals surface area contributed by atoms with Crippen LogP contribution >= 0.6 is 0 Å². The van der Waals surface area contributed by atoms with E-state index in [1.807, 2.05) is 0 Å². The van der Waals surface area contributed by atoms with Gasteiger partial charge in [0.25, 0.3) is 0 Å². The van der Waals surface area contributed by atoms with Crippen LogP contribution < -0.4 is 10.0 Å². The zero-order valence-corrected chi connectivity index (χ0v) is 13.5. The topological polar surface area (TPSA) is 84.5 Å². The highest BCUT2D eigenvalue weighted by Crippen LogP contribution is 2.17. The molecule has 2 N–H and O–H groups in total. The third kappa shape index (κ3) is 7.33. The third-order valence-corrected chi connectivity index (χ3v) is 3.72. The van der Waals surface area contributed by atoms with Gasteiger partial charge in [0.05, 0.1) is 4.90 Å². The van der Waals surface area contributed by atoms with E-state index in [0.717, 1.165) is 12.1 Å². The maximum atomic E-state index is 12.1. The predicted octanol–water partition coefficient (Wildman–Crippen LogP) is 2.51. The number of benzene rings is 1. The van der Waals surface area contributed by atoms with Gasteiger partial charge in [0, 0.05) is 5.54 Å². The molecule has 0 aliphatic heterocycles. The molecule has 0 saturated heterocycles. The van der Waals surface area contributed by atoms with E-state index in [4.69, 9.17) is 4.74 Å². The standard InChI is InChI=1S/C13H17F3N2O4S/c1-12(2,3)17-11(19)22-8-9-4-6-10(7-5-9)23(20,21)18-13(14,15)16/h4-7,18H,8H2,1-3H3,(H,17,19). The van der Waals surface area contributed by atoms with Crippen molar-refractivity contribution in [1.29, 1.82) is 0 Å². The van der Waals surface area contributed by atoms with Crippen molar-refractivity contribution in [2.45, 2.75) is 44.1 Å². The van der Waals surface area contributed by atoms with Gasteiger partial charge in [-0.05, 0) is 38.5 Å². The monoisotopic (exact) mass is 354 g/mol. The van der Waals surface area contributed by atoms with E-state index < -0.39 is 32.9 Å². The number of nitrogens with one attached hydrogen (secondary N) is 2. The Morgan fingerprint density at radius 3 is 2.09 bits per heavy atom. The Kier molecular flexibility index (Phi) is 5.65. The molecule has 1 rings (SSSR count). The number of amides is 1. The highest BCUT2D eigenvalue weighted by atomic mass is 32.2. The largest absolute Gasteiger partial charge is 0.470 e. The average Bonchev–Trinajstić information content (AvgIpc) is 2.32. The molecule has 0 aliphatic carbocycles. The lowest BCUT2D eigenvalue weighted by molar-refractivity contribution is -0.138. The highest BCUT2D eigenvalue weighted by Gasteiger charge is 2.34. The van der Waals surface area contributed by atoms with Gasteiger partial charge >= 0.3 is 12.4 Å². The summed E-state index contributed by atoms with van der Waals surface area (Å²) in [5.74, 6) is 0. The summed E-state index contributed by atoms with van der Waals surface area (Å²) < 4.78 is 64.7. The van der Waals surface area contributed by atoms with Gasteiger partial charge in [0.2, 0.25) is 10.0 Å². The van der Waals surface area contributed by atoms with Crippen LogP contribution in [-0.4, -0.2) is 26.4 Å². The van der Waals surface area contributed by atoms with E-state index >= 15 is 0 Å². The number of ether oxygens (including phenoxy) is 1. The number of hydrogen-bond acceptors (Lipinski definition) is 4. The number of rotatable bonds is 4. The number of carbonyl (C=O) groups excluding carboxylic acids is 1. The molecule has 130 valence electrons. The van der Waals surface area contributed by atoms with Crippen LogP contribution in [0.15, 0.2) is 29.2 Å². The number of halogens is 3. The van der Waals surface area contributed by atoms with E-state index in [-0.39, 0.29) is 6.61 Å². The van der Waals surface area contributed by atoms with E-state index in [1.54, 1.807) is 20.8 Å². The van der Waals surface area contributed by atoms with Gasteiger partial charge in [-0.15, -0.1) is 4.72 Å². The molecule has 6 nitrogen and oxygen atoms in total. The molecule has 1 aromatic carbocycles. The Balaban J connectivity index is 2.69. The molecule has 0 aromatic heterocycles. The lowest BCUT2D eigenvalue weighted by Crippen LogP contribution is -2.40. The first-order chi connectivity index (χ1) is 10.3. The zero-order valence-electron chi connectivity index (χ0n) is 12.7. The Bertz CT molecular complexity index is 649. The van der Waals surface area contributed by atoms with Crippen molar-refractivity contribution >= 4 is 16.1 Å². The molecule has 0 unspecified atom stereocenters. The summed E-state index contributed by atoms with van der Waals surface area (Å²) in [4.78, 5) is 10.9. The van der Waals surface area contributed by atoms with Crippen molar-refractivity contribution in [3.8, 4) is 0 Å². The first-order valence-electron chi connectivity index (χ1n) is 6.43. The Morgan fingerprint density at radius 2 is 1.65 bits per heavy atom. The number of carbonyl (C=O) groups is 1. The Labute approximate surface area is 132 Å². The van der Waals surface area contributed by atoms with Crippen LogP contribution in [0.3, 0.4) is 0 Å². The molecule has 10 heteroatoms. The molecule has 0 saturated carbocycles. The summed E-state index contributed by atoms with van der Waals surface area (Å²) in [7, 11) is -4.69. The van der Waals surface area contributed by atoms with E-state index in [9.17, 15) is 26.4 Å². The molecule has 0 bridgehead atoms. The van der Waals surface area contributed by atoms with Crippen LogP contribution in [0.25, 0.3) is 0 Å². The average molecular weight is 354 g/mol. The summed E-state index contributed by atoms with van der Waals surface area (Å²) in [6.45, 7) is 5.15. The molecule has 0 aliphatic rings. The minimum Gasteiger partial charge on any atom is -0.445 e. The fourth-order valence-corrected chi connectivity index (χ4v) is 2.38. The molecule has 0 spiro atoms. The number of sulfonamides is 1. The van der Waals surface area contributed by atoms with Crippen molar-refractivity contribution in [3.63, 3.8) is 0 Å². The summed E-state index contributed by atoms with van der Waals surface area (Å²) >= 11 is 0. The van der Waals surface area contributed by atoms with E-state index in [0.29, 0.717) is 10.3 Å². The first-order valence-corrected chi connectivity index (χ1v) is 7.91. The minimum absolute atomic E-state index is 0.144. The molecule has 0 heterocycles. The second kappa shape index (κ2) is 6.75. The van der Waals surface area contributed by atoms with Crippen LogP contribution in [0.4, 0.5) is 18.0 Å². The fraction of sp³-hybridized carbons (Fsp3) is 0.462. The Hall–Kier alpha value is -1.81. The molecule has 0 fully saturated rings. The van der Waals surface area contributed by atoms with Gasteiger partial charge in [-0.2, -0.15) is 13.2 Å². The number of alkyl carbamates (subject to hydrolysis) is 1. The summed E-state index contributed by atoms with van der Waals surface area (Å²) in [5, 5.41) is 2.56. The van der Waals surface area contributed by atoms with Crippen molar-refractivity contribution in [3.05, 3.63) is 29.8 Å². The molecule has 23 heavy (non-hydrogen) atoms. The maximum absolute atomic E-state index is 12.1. The molecule has 1 amide bonds. The first kappa shape index (κ1) is 19.2. The molecular weight excluding hydrogens is 337 g/mol. The number of hydrogen-bond donors (Lipinski definition) is 2. The lowest BCUT2D eigenvalue weighted by Gasteiger charge is -2.20. The van der Waals surface area contributed by atoms with E-state index in [2.05, 4.69) is 5.32 Å². The maximum Gasteiger partial charge on any atom is 0.470 e. The molecule has 0 atom stereocenters. The van der Waals surface area contributed by atoms with Crippen LogP contribution in [0.5, 0.6) is 0 Å². The van der Waals surface area contributed by atoms with Gasteiger partial charge in [0.15, 0.2) is 0 Å². The smallest absolute Gasteiger partial charge is 0.445 e. The Morgan fingerprint density at radius 1 is 1.13 bits per heavy atom. The third-order valence-electron chi connectivity index (χ3n) is 2.33. The predicted molar refractivity (Wildman–Crippen MR) is 75.9 cm³/mol. The molecule has 1 aromatic rings. The van der Waals surface area contributed by atoms with Gasteiger partial charge in [0.1, 0.15) is 6.61 Å². The SMILES string of the molecule is CC(C)(C)NC(=O)OCc1ccc(S(=O)(=O)NC(F)(F)F)cc1. The lowest BCUT2D eigenvalue weighted by atomic mass is 10.1. The zero-order chi connectivity index (χ0) is 17.9. The van der Waals surface area contributed by atoms with Crippen LogP contribution in [0.2, 0.25) is 0 Å². The minimum atomic E-state index is -5.05. The van der Waals surface area contributed by atoms with Gasteiger partial charge < -0.3 is 10.1 Å². The fourth-order valence-electron chi connectivity index (χ4n) is 1.47. The van der Waals surface area contributed by atoms with Crippen LogP contribution in [0, 0.1) is 0 Å². The van der Waals surface area contributed by atoms with Crippen LogP contribution in [-0.2, 0) is 21.4 Å². The second-order valence-corrected chi connectivity index (χ2v) is 7.38. The summed E-state index contributed by atoms with van der Waals surface area (Å²) in [5.41, 5.74) is -0.0434. The van der Waals surface area contributed by atoms with Crippen LogP contribution in [0.1, 0.15) is 26.3 Å². The van der Waals surface area contributed by atoms with Gasteiger partial charge in [-0.25, -0.2) is 13.2 Å². The van der Waals surface area contributed by atoms with Crippen molar-refractivity contribution in [2.24, 2.45) is 0 Å². The van der Waals surface area contributed by atoms with Crippen molar-refractivity contribution < 1.29 is 31.1 Å². The van der Waals surface area contributed by atoms with Gasteiger partial charge in [-0.3, -0.25) is 0 Å². The molecule has 0 radical (unpaired) electrons. The normalized spacial score (nSPS) is 12.8. The number of alkyl halides is 3. The van der Waals surface area contributed by atoms with E-state index in [1.165, 1.54) is 12.1 Å². The highest BCUT2D eigenvalue weighted by molar-refractivity contribution is 7.89. The summed E-state index contributed by atoms with van der Waals surface area (Å²) in [6.07, 6.45) is -5.71. The van der Waals surface area contributed by atoms with Crippen molar-refractivity contribution in [2.75, 3.05) is 0 Å². The van der Waals surface area contributed by atoms with Crippen molar-refractivity contribution in [1.82, 2.24) is 10.0 Å².